The van der Waals surface area contributed by atoms with Gasteiger partial charge in [-0.3, -0.25) is 9.69 Å². The van der Waals surface area contributed by atoms with Gasteiger partial charge in [-0.05, 0) is 31.4 Å². The molecule has 1 aromatic rings. The highest BCUT2D eigenvalue weighted by Crippen LogP contribution is 2.25. The Labute approximate surface area is 140 Å². The summed E-state index contributed by atoms with van der Waals surface area (Å²) in [4.78, 5) is 16.4. The molecule has 1 heterocycles. The summed E-state index contributed by atoms with van der Waals surface area (Å²) >= 11 is 5.99. The van der Waals surface area contributed by atoms with Gasteiger partial charge in [-0.15, -0.1) is 0 Å². The molecule has 3 rings (SSSR count). The minimum Gasteiger partial charge on any atom is -0.391 e. The van der Waals surface area contributed by atoms with E-state index in [2.05, 4.69) is 4.90 Å². The third-order valence-corrected chi connectivity index (χ3v) is 5.32. The summed E-state index contributed by atoms with van der Waals surface area (Å²) in [6, 6.07) is 4.70. The van der Waals surface area contributed by atoms with Gasteiger partial charge in [-0.25, -0.2) is 4.39 Å². The topological polar surface area (TPSA) is 43.8 Å². The molecule has 126 valence electrons. The lowest BCUT2D eigenvalue weighted by Crippen LogP contribution is -2.53. The molecule has 0 aromatic heterocycles. The van der Waals surface area contributed by atoms with E-state index in [0.717, 1.165) is 32.4 Å². The van der Waals surface area contributed by atoms with E-state index < -0.39 is 5.82 Å². The maximum atomic E-state index is 13.8. The van der Waals surface area contributed by atoms with Crippen LogP contribution in [0.1, 0.15) is 24.8 Å². The summed E-state index contributed by atoms with van der Waals surface area (Å²) < 4.78 is 13.8. The predicted molar refractivity (Wildman–Crippen MR) is 86.9 cm³/mol. The number of aliphatic hydroxyl groups is 1. The van der Waals surface area contributed by atoms with Crippen LogP contribution in [-0.4, -0.2) is 59.1 Å². The van der Waals surface area contributed by atoms with Crippen LogP contribution in [-0.2, 0) is 11.2 Å². The Morgan fingerprint density at radius 1 is 1.26 bits per heavy atom. The predicted octanol–water partition coefficient (Wildman–Crippen LogP) is 2.08. The van der Waals surface area contributed by atoms with Crippen LogP contribution in [0.25, 0.3) is 0 Å². The number of hydrogen-bond acceptors (Lipinski definition) is 3. The molecule has 6 heteroatoms. The molecule has 0 bridgehead atoms. The molecule has 1 aliphatic heterocycles. The number of nitrogens with zero attached hydrogens (tertiary/aromatic N) is 2. The molecule has 2 aliphatic rings. The number of carbonyl (C=O) groups excluding carboxylic acids is 1. The van der Waals surface area contributed by atoms with Crippen LogP contribution in [0.4, 0.5) is 4.39 Å². The van der Waals surface area contributed by atoms with Gasteiger partial charge in [0.15, 0.2) is 0 Å². The van der Waals surface area contributed by atoms with E-state index in [-0.39, 0.29) is 30.0 Å². The molecule has 4 nitrogen and oxygen atoms in total. The fraction of sp³-hybridized carbons (Fsp3) is 0.588. The Kier molecular flexibility index (Phi) is 5.19. The number of aliphatic hydroxyl groups excluding tert-OH is 1. The van der Waals surface area contributed by atoms with Crippen molar-refractivity contribution >= 4 is 17.5 Å². The lowest BCUT2D eigenvalue weighted by molar-refractivity contribution is -0.132. The Bertz CT molecular complexity index is 555. The highest BCUT2D eigenvalue weighted by Gasteiger charge is 2.33. The second kappa shape index (κ2) is 7.16. The molecule has 0 radical (unpaired) electrons. The van der Waals surface area contributed by atoms with Crippen LogP contribution < -0.4 is 0 Å². The van der Waals surface area contributed by atoms with Crippen molar-refractivity contribution in [2.45, 2.75) is 37.8 Å². The lowest BCUT2D eigenvalue weighted by atomic mass is 10.1. The van der Waals surface area contributed by atoms with E-state index in [1.807, 2.05) is 0 Å². The fourth-order valence-electron chi connectivity index (χ4n) is 3.61. The van der Waals surface area contributed by atoms with Gasteiger partial charge in [-0.1, -0.05) is 17.7 Å². The van der Waals surface area contributed by atoms with Crippen LogP contribution >= 0.6 is 11.6 Å². The standard InChI is InChI=1S/C17H22ClFN2O2/c18-13-3-1-4-14(19)12(13)11-17(23)21-9-7-20(8-10-21)15-5-2-6-16(15)22/h1,3-4,15-16,22H,2,5-11H2. The minimum absolute atomic E-state index is 0.00242. The molecule has 2 unspecified atom stereocenters. The van der Waals surface area contributed by atoms with Crippen LogP contribution in [0.3, 0.4) is 0 Å². The van der Waals surface area contributed by atoms with Gasteiger partial charge < -0.3 is 10.0 Å². The Balaban J connectivity index is 1.56. The van der Waals surface area contributed by atoms with Gasteiger partial charge in [0.25, 0.3) is 0 Å². The van der Waals surface area contributed by atoms with Gasteiger partial charge in [0.1, 0.15) is 5.82 Å². The van der Waals surface area contributed by atoms with Crippen molar-refractivity contribution in [2.75, 3.05) is 26.2 Å². The van der Waals surface area contributed by atoms with E-state index in [0.29, 0.717) is 18.1 Å². The SMILES string of the molecule is O=C(Cc1c(F)cccc1Cl)N1CCN(C2CCCC2O)CC1. The monoisotopic (exact) mass is 340 g/mol. The van der Waals surface area contributed by atoms with E-state index >= 15 is 0 Å². The van der Waals surface area contributed by atoms with Gasteiger partial charge in [0.05, 0.1) is 12.5 Å². The van der Waals surface area contributed by atoms with Crippen molar-refractivity contribution in [3.05, 3.63) is 34.6 Å². The highest BCUT2D eigenvalue weighted by atomic mass is 35.5. The normalized spacial score (nSPS) is 25.8. The second-order valence-electron chi connectivity index (χ2n) is 6.36. The number of hydrogen-bond donors (Lipinski definition) is 1. The third-order valence-electron chi connectivity index (χ3n) is 4.97. The Morgan fingerprint density at radius 2 is 2.00 bits per heavy atom. The molecule has 1 aromatic carbocycles. The zero-order chi connectivity index (χ0) is 16.4. The van der Waals surface area contributed by atoms with E-state index in [1.165, 1.54) is 12.1 Å². The number of piperazine rings is 1. The minimum atomic E-state index is -0.432. The van der Waals surface area contributed by atoms with Crippen molar-refractivity contribution in [2.24, 2.45) is 0 Å². The highest BCUT2D eigenvalue weighted by molar-refractivity contribution is 6.31. The number of halogens is 2. The van der Waals surface area contributed by atoms with Crippen molar-refractivity contribution in [1.82, 2.24) is 9.80 Å². The zero-order valence-corrected chi connectivity index (χ0v) is 13.8. The first kappa shape index (κ1) is 16.7. The van der Waals surface area contributed by atoms with Crippen molar-refractivity contribution in [1.29, 1.82) is 0 Å². The maximum Gasteiger partial charge on any atom is 0.227 e. The van der Waals surface area contributed by atoms with Crippen LogP contribution in [0, 0.1) is 5.82 Å². The molecule has 1 saturated heterocycles. The summed E-state index contributed by atoms with van der Waals surface area (Å²) in [5, 5.41) is 10.3. The molecule has 1 aliphatic carbocycles. The van der Waals surface area contributed by atoms with Crippen molar-refractivity contribution in [3.8, 4) is 0 Å². The largest absolute Gasteiger partial charge is 0.391 e. The molecule has 2 atom stereocenters. The molecule has 1 amide bonds. The molecule has 1 N–H and O–H groups in total. The molecule has 1 saturated carbocycles. The van der Waals surface area contributed by atoms with Gasteiger partial charge in [0, 0.05) is 42.8 Å². The first-order valence-corrected chi connectivity index (χ1v) is 8.57. The summed E-state index contributed by atoms with van der Waals surface area (Å²) in [5.41, 5.74) is 0.271. The quantitative estimate of drug-likeness (QED) is 0.916. The van der Waals surface area contributed by atoms with E-state index in [9.17, 15) is 14.3 Å². The fourth-order valence-corrected chi connectivity index (χ4v) is 3.84. The first-order valence-electron chi connectivity index (χ1n) is 8.19. The van der Waals surface area contributed by atoms with Gasteiger partial charge in [0.2, 0.25) is 5.91 Å². The van der Waals surface area contributed by atoms with Crippen LogP contribution in [0.5, 0.6) is 0 Å². The van der Waals surface area contributed by atoms with Gasteiger partial charge in [-0.2, -0.15) is 0 Å². The zero-order valence-electron chi connectivity index (χ0n) is 13.0. The molecular formula is C17H22ClFN2O2. The summed E-state index contributed by atoms with van der Waals surface area (Å²) in [7, 11) is 0. The molecule has 23 heavy (non-hydrogen) atoms. The van der Waals surface area contributed by atoms with E-state index in [1.54, 1.807) is 11.0 Å². The van der Waals surface area contributed by atoms with E-state index in [4.69, 9.17) is 11.6 Å². The van der Waals surface area contributed by atoms with Gasteiger partial charge >= 0.3 is 0 Å². The summed E-state index contributed by atoms with van der Waals surface area (Å²) in [6.07, 6.45) is 2.72. The third kappa shape index (κ3) is 3.67. The average molecular weight is 341 g/mol. The Morgan fingerprint density at radius 3 is 2.61 bits per heavy atom. The maximum absolute atomic E-state index is 13.8. The second-order valence-corrected chi connectivity index (χ2v) is 6.77. The number of carbonyl (C=O) groups is 1. The van der Waals surface area contributed by atoms with Crippen molar-refractivity contribution in [3.63, 3.8) is 0 Å². The number of benzene rings is 1. The average Bonchev–Trinajstić information content (AvgIpc) is 2.97. The summed E-state index contributed by atoms with van der Waals surface area (Å²) in [6.45, 7) is 2.76. The Hall–Kier alpha value is -1.17. The lowest BCUT2D eigenvalue weighted by Gasteiger charge is -2.39. The summed E-state index contributed by atoms with van der Waals surface area (Å²) in [5.74, 6) is -0.526. The smallest absolute Gasteiger partial charge is 0.227 e. The van der Waals surface area contributed by atoms with Crippen LogP contribution in [0.2, 0.25) is 5.02 Å². The van der Waals surface area contributed by atoms with Crippen molar-refractivity contribution < 1.29 is 14.3 Å². The number of rotatable bonds is 3. The number of amides is 1. The molecule has 2 fully saturated rings. The molecule has 0 spiro atoms. The molecular weight excluding hydrogens is 319 g/mol. The van der Waals surface area contributed by atoms with Crippen LogP contribution in [0.15, 0.2) is 18.2 Å². The first-order chi connectivity index (χ1) is 11.1.